The molecule has 0 aliphatic carbocycles. The van der Waals surface area contributed by atoms with Crippen LogP contribution in [-0.4, -0.2) is 0 Å². The molecular formula is C16H8N4. The van der Waals surface area contributed by atoms with Crippen LogP contribution < -0.4 is 0 Å². The fourth-order valence-corrected chi connectivity index (χ4v) is 1.32. The molecule has 0 heterocycles. The minimum absolute atomic E-state index is 0.527. The molecule has 0 spiro atoms. The molecule has 0 radical (unpaired) electrons. The van der Waals surface area contributed by atoms with Gasteiger partial charge in [-0.15, -0.1) is 0 Å². The van der Waals surface area contributed by atoms with Crippen LogP contribution in [0, 0.1) is 45.3 Å². The minimum Gasteiger partial charge on any atom is -0.192 e. The smallest absolute Gasteiger partial charge is 0.0992 e. The first kappa shape index (κ1) is 14.5. The van der Waals surface area contributed by atoms with Gasteiger partial charge in [-0.2, -0.15) is 21.0 Å². The molecule has 0 aliphatic heterocycles. The summed E-state index contributed by atoms with van der Waals surface area (Å²) < 4.78 is 0. The fraction of sp³-hybridized carbons (Fsp3) is 0. The van der Waals surface area contributed by atoms with E-state index in [9.17, 15) is 0 Å². The Labute approximate surface area is 117 Å². The third kappa shape index (κ3) is 4.34. The molecule has 0 amide bonds. The Hall–Kier alpha value is -3.60. The van der Waals surface area contributed by atoms with Crippen molar-refractivity contribution in [2.45, 2.75) is 0 Å². The first-order valence-electron chi connectivity index (χ1n) is 5.54. The molecule has 20 heavy (non-hydrogen) atoms. The highest BCUT2D eigenvalue weighted by molar-refractivity contribution is 5.39. The van der Waals surface area contributed by atoms with Crippen LogP contribution in [-0.2, 0) is 0 Å². The molecule has 0 atom stereocenters. The summed E-state index contributed by atoms with van der Waals surface area (Å²) in [6.45, 7) is 0. The fourth-order valence-electron chi connectivity index (χ4n) is 1.32. The lowest BCUT2D eigenvalue weighted by Crippen LogP contribution is -1.75. The van der Waals surface area contributed by atoms with Crippen molar-refractivity contribution in [2.24, 2.45) is 0 Å². The van der Waals surface area contributed by atoms with Crippen molar-refractivity contribution < 1.29 is 0 Å². The van der Waals surface area contributed by atoms with Gasteiger partial charge in [0.15, 0.2) is 0 Å². The Morgan fingerprint density at radius 2 is 0.750 bits per heavy atom. The first-order valence-corrected chi connectivity index (χ1v) is 5.54. The monoisotopic (exact) mass is 256 g/mol. The molecule has 4 heteroatoms. The van der Waals surface area contributed by atoms with E-state index in [1.807, 2.05) is 24.3 Å². The molecule has 0 fully saturated rings. The van der Waals surface area contributed by atoms with Gasteiger partial charge in [0.05, 0.1) is 46.5 Å². The highest BCUT2D eigenvalue weighted by atomic mass is 14.3. The van der Waals surface area contributed by atoms with Crippen LogP contribution in [0.3, 0.4) is 0 Å². The number of benzene rings is 2. The molecular weight excluding hydrogens is 248 g/mol. The molecule has 0 aliphatic rings. The van der Waals surface area contributed by atoms with Gasteiger partial charge >= 0.3 is 0 Å². The van der Waals surface area contributed by atoms with Crippen LogP contribution >= 0.6 is 0 Å². The number of nitriles is 4. The van der Waals surface area contributed by atoms with E-state index in [4.69, 9.17) is 21.0 Å². The first-order chi connectivity index (χ1) is 9.73. The SMILES string of the molecule is N#Cc1cccc(C#N)c1.N#Cc1cccc(C#N)c1. The molecule has 0 saturated carbocycles. The van der Waals surface area contributed by atoms with Gasteiger partial charge in [0.25, 0.3) is 0 Å². The van der Waals surface area contributed by atoms with Crippen LogP contribution in [0.1, 0.15) is 22.3 Å². The molecule has 2 aromatic rings. The lowest BCUT2D eigenvalue weighted by atomic mass is 10.2. The van der Waals surface area contributed by atoms with Gasteiger partial charge in [0.2, 0.25) is 0 Å². The van der Waals surface area contributed by atoms with E-state index in [2.05, 4.69) is 0 Å². The van der Waals surface area contributed by atoms with Crippen molar-refractivity contribution in [3.8, 4) is 24.3 Å². The highest BCUT2D eigenvalue weighted by Crippen LogP contribution is 2.01. The van der Waals surface area contributed by atoms with E-state index in [-0.39, 0.29) is 0 Å². The van der Waals surface area contributed by atoms with E-state index < -0.39 is 0 Å². The summed E-state index contributed by atoms with van der Waals surface area (Å²) in [5.41, 5.74) is 2.11. The van der Waals surface area contributed by atoms with Crippen LogP contribution in [0.15, 0.2) is 48.5 Å². The summed E-state index contributed by atoms with van der Waals surface area (Å²) >= 11 is 0. The molecule has 2 aromatic carbocycles. The van der Waals surface area contributed by atoms with E-state index >= 15 is 0 Å². The van der Waals surface area contributed by atoms with Crippen molar-refractivity contribution in [1.29, 1.82) is 21.0 Å². The lowest BCUT2D eigenvalue weighted by molar-refractivity contribution is 1.45. The maximum atomic E-state index is 8.40. The number of rotatable bonds is 0. The highest BCUT2D eigenvalue weighted by Gasteiger charge is 1.91. The zero-order chi connectivity index (χ0) is 14.8. The molecule has 2 rings (SSSR count). The Kier molecular flexibility index (Phi) is 5.55. The van der Waals surface area contributed by atoms with Gasteiger partial charge in [-0.1, -0.05) is 12.1 Å². The quantitative estimate of drug-likeness (QED) is 0.724. The molecule has 0 unspecified atom stereocenters. The number of nitrogens with zero attached hydrogens (tertiary/aromatic N) is 4. The van der Waals surface area contributed by atoms with Gasteiger partial charge in [0.1, 0.15) is 0 Å². The van der Waals surface area contributed by atoms with E-state index in [1.165, 1.54) is 0 Å². The maximum absolute atomic E-state index is 8.40. The van der Waals surface area contributed by atoms with Gasteiger partial charge in [-0.25, -0.2) is 0 Å². The van der Waals surface area contributed by atoms with E-state index in [0.29, 0.717) is 22.3 Å². The normalized spacial score (nSPS) is 7.80. The zero-order valence-corrected chi connectivity index (χ0v) is 10.4. The molecule has 0 N–H and O–H groups in total. The van der Waals surface area contributed by atoms with Gasteiger partial charge in [-0.3, -0.25) is 0 Å². The lowest BCUT2D eigenvalue weighted by Gasteiger charge is -1.86. The molecule has 0 bridgehead atoms. The third-order valence-electron chi connectivity index (χ3n) is 2.24. The summed E-state index contributed by atoms with van der Waals surface area (Å²) in [6.07, 6.45) is 0. The summed E-state index contributed by atoms with van der Waals surface area (Å²) in [4.78, 5) is 0. The van der Waals surface area contributed by atoms with Crippen LogP contribution in [0.2, 0.25) is 0 Å². The second-order valence-electron chi connectivity index (χ2n) is 3.61. The maximum Gasteiger partial charge on any atom is 0.0992 e. The Balaban J connectivity index is 0.000000200. The molecule has 0 saturated heterocycles. The summed E-state index contributed by atoms with van der Waals surface area (Å²) in [7, 11) is 0. The van der Waals surface area contributed by atoms with Crippen molar-refractivity contribution in [1.82, 2.24) is 0 Å². The molecule has 92 valence electrons. The topological polar surface area (TPSA) is 95.2 Å². The van der Waals surface area contributed by atoms with Crippen LogP contribution in [0.4, 0.5) is 0 Å². The average Bonchev–Trinajstić information content (AvgIpc) is 2.55. The van der Waals surface area contributed by atoms with Crippen molar-refractivity contribution in [3.63, 3.8) is 0 Å². The average molecular weight is 256 g/mol. The second-order valence-corrected chi connectivity index (χ2v) is 3.61. The largest absolute Gasteiger partial charge is 0.192 e. The van der Waals surface area contributed by atoms with E-state index in [1.54, 1.807) is 48.5 Å². The predicted molar refractivity (Wildman–Crippen MR) is 71.7 cm³/mol. The Bertz CT molecular complexity index is 639. The van der Waals surface area contributed by atoms with Crippen molar-refractivity contribution in [3.05, 3.63) is 70.8 Å². The number of hydrogen-bond donors (Lipinski definition) is 0. The third-order valence-corrected chi connectivity index (χ3v) is 2.24. The number of hydrogen-bond acceptors (Lipinski definition) is 4. The molecule has 4 nitrogen and oxygen atoms in total. The van der Waals surface area contributed by atoms with Crippen LogP contribution in [0.25, 0.3) is 0 Å². The summed E-state index contributed by atoms with van der Waals surface area (Å²) in [5.74, 6) is 0. The predicted octanol–water partition coefficient (Wildman–Crippen LogP) is 2.86. The minimum atomic E-state index is 0.527. The standard InChI is InChI=1S/2C8H4N2/c2*9-5-7-2-1-3-8(4-7)6-10/h2*1-4H. The molecule has 0 aromatic heterocycles. The van der Waals surface area contributed by atoms with Crippen molar-refractivity contribution in [2.75, 3.05) is 0 Å². The van der Waals surface area contributed by atoms with Crippen molar-refractivity contribution >= 4 is 0 Å². The second kappa shape index (κ2) is 7.67. The van der Waals surface area contributed by atoms with Crippen LogP contribution in [0.5, 0.6) is 0 Å². The summed E-state index contributed by atoms with van der Waals surface area (Å²) in [6, 6.07) is 21.0. The van der Waals surface area contributed by atoms with Gasteiger partial charge < -0.3 is 0 Å². The summed E-state index contributed by atoms with van der Waals surface area (Å²) in [5, 5.41) is 33.6. The Morgan fingerprint density at radius 3 is 0.950 bits per heavy atom. The van der Waals surface area contributed by atoms with Gasteiger partial charge in [0, 0.05) is 0 Å². The zero-order valence-electron chi connectivity index (χ0n) is 10.4. The van der Waals surface area contributed by atoms with E-state index in [0.717, 1.165) is 0 Å². The Morgan fingerprint density at radius 1 is 0.500 bits per heavy atom. The van der Waals surface area contributed by atoms with Gasteiger partial charge in [-0.05, 0) is 36.4 Å².